The molecule has 0 unspecified atom stereocenters. The largest absolute Gasteiger partial charge is 0.465 e. The SMILES string of the molecule is N#CN1Cc2cccc(NC(=O)c3ccc(CNC(=O)O)cc3)c2C1. The second-order valence-corrected chi connectivity index (χ2v) is 5.71. The minimum absolute atomic E-state index is 0.188. The second-order valence-electron chi connectivity index (χ2n) is 5.71. The molecule has 126 valence electrons. The summed E-state index contributed by atoms with van der Waals surface area (Å²) < 4.78 is 0. The van der Waals surface area contributed by atoms with Gasteiger partial charge in [0, 0.05) is 23.4 Å². The third kappa shape index (κ3) is 3.70. The number of carbonyl (C=O) groups is 2. The lowest BCUT2D eigenvalue weighted by atomic mass is 10.1. The molecule has 1 aliphatic heterocycles. The van der Waals surface area contributed by atoms with E-state index >= 15 is 0 Å². The lowest BCUT2D eigenvalue weighted by molar-refractivity contribution is 0.102. The van der Waals surface area contributed by atoms with E-state index in [1.807, 2.05) is 18.2 Å². The van der Waals surface area contributed by atoms with Crippen LogP contribution < -0.4 is 10.6 Å². The highest BCUT2D eigenvalue weighted by atomic mass is 16.4. The van der Waals surface area contributed by atoms with Gasteiger partial charge >= 0.3 is 6.09 Å². The fraction of sp³-hybridized carbons (Fsp3) is 0.167. The Morgan fingerprint density at radius 2 is 1.92 bits per heavy atom. The van der Waals surface area contributed by atoms with Gasteiger partial charge in [-0.25, -0.2) is 4.79 Å². The summed E-state index contributed by atoms with van der Waals surface area (Å²) in [5.41, 5.74) is 3.95. The Morgan fingerprint density at radius 1 is 1.16 bits per heavy atom. The van der Waals surface area contributed by atoms with Crippen LogP contribution in [-0.4, -0.2) is 22.0 Å². The first kappa shape index (κ1) is 16.3. The number of fused-ring (bicyclic) bond motifs is 1. The fourth-order valence-electron chi connectivity index (χ4n) is 2.76. The number of rotatable bonds is 4. The first-order valence-electron chi connectivity index (χ1n) is 7.69. The number of hydrogen-bond acceptors (Lipinski definition) is 4. The Bertz CT molecular complexity index is 856. The summed E-state index contributed by atoms with van der Waals surface area (Å²) >= 11 is 0. The normalized spacial score (nSPS) is 12.2. The molecule has 0 aliphatic carbocycles. The van der Waals surface area contributed by atoms with Gasteiger partial charge in [-0.3, -0.25) is 4.79 Å². The highest BCUT2D eigenvalue weighted by molar-refractivity contribution is 6.04. The zero-order chi connectivity index (χ0) is 17.8. The van der Waals surface area contributed by atoms with E-state index in [2.05, 4.69) is 16.8 Å². The monoisotopic (exact) mass is 336 g/mol. The van der Waals surface area contributed by atoms with Crippen LogP contribution in [0.4, 0.5) is 10.5 Å². The number of nitrogens with zero attached hydrogens (tertiary/aromatic N) is 2. The summed E-state index contributed by atoms with van der Waals surface area (Å²) in [7, 11) is 0. The van der Waals surface area contributed by atoms with Crippen molar-refractivity contribution in [2.45, 2.75) is 19.6 Å². The number of hydrogen-bond donors (Lipinski definition) is 3. The summed E-state index contributed by atoms with van der Waals surface area (Å²) in [5, 5.41) is 22.8. The van der Waals surface area contributed by atoms with Crippen LogP contribution >= 0.6 is 0 Å². The quantitative estimate of drug-likeness (QED) is 0.744. The predicted molar refractivity (Wildman–Crippen MR) is 90.6 cm³/mol. The van der Waals surface area contributed by atoms with Gasteiger partial charge in [0.15, 0.2) is 6.19 Å². The van der Waals surface area contributed by atoms with Gasteiger partial charge in [-0.15, -0.1) is 0 Å². The summed E-state index contributed by atoms with van der Waals surface area (Å²) in [6.07, 6.45) is 1.03. The third-order valence-electron chi connectivity index (χ3n) is 4.03. The number of nitrogens with one attached hydrogen (secondary N) is 2. The Hall–Kier alpha value is -3.53. The van der Waals surface area contributed by atoms with Crippen LogP contribution in [0.25, 0.3) is 0 Å². The Labute approximate surface area is 144 Å². The van der Waals surface area contributed by atoms with Gasteiger partial charge in [-0.1, -0.05) is 24.3 Å². The Kier molecular flexibility index (Phi) is 4.53. The average Bonchev–Trinajstić information content (AvgIpc) is 3.05. The van der Waals surface area contributed by atoms with Crippen LogP contribution in [0.3, 0.4) is 0 Å². The molecule has 2 aromatic carbocycles. The third-order valence-corrected chi connectivity index (χ3v) is 4.03. The number of carboxylic acid groups (broad SMARTS) is 1. The van der Waals surface area contributed by atoms with E-state index in [0.717, 1.165) is 16.7 Å². The zero-order valence-corrected chi connectivity index (χ0v) is 13.3. The van der Waals surface area contributed by atoms with Gasteiger partial charge in [-0.05, 0) is 29.3 Å². The van der Waals surface area contributed by atoms with E-state index in [1.165, 1.54) is 0 Å². The van der Waals surface area contributed by atoms with E-state index in [9.17, 15) is 9.59 Å². The highest BCUT2D eigenvalue weighted by Crippen LogP contribution is 2.29. The zero-order valence-electron chi connectivity index (χ0n) is 13.3. The van der Waals surface area contributed by atoms with Crippen LogP contribution in [-0.2, 0) is 19.6 Å². The molecule has 25 heavy (non-hydrogen) atoms. The first-order valence-corrected chi connectivity index (χ1v) is 7.69. The van der Waals surface area contributed by atoms with Crippen LogP contribution in [0.15, 0.2) is 42.5 Å². The molecule has 0 radical (unpaired) electrons. The number of benzene rings is 2. The lowest BCUT2D eigenvalue weighted by Crippen LogP contribution is -2.20. The van der Waals surface area contributed by atoms with Crippen LogP contribution in [0.2, 0.25) is 0 Å². The molecule has 0 aromatic heterocycles. The summed E-state index contributed by atoms with van der Waals surface area (Å²) in [4.78, 5) is 24.6. The molecule has 7 heteroatoms. The van der Waals surface area contributed by atoms with E-state index < -0.39 is 6.09 Å². The van der Waals surface area contributed by atoms with Crippen molar-refractivity contribution < 1.29 is 14.7 Å². The molecule has 1 aliphatic rings. The molecular weight excluding hydrogens is 320 g/mol. The maximum Gasteiger partial charge on any atom is 0.404 e. The van der Waals surface area contributed by atoms with Gasteiger partial charge in [-0.2, -0.15) is 5.26 Å². The smallest absolute Gasteiger partial charge is 0.404 e. The molecule has 0 fully saturated rings. The van der Waals surface area contributed by atoms with Crippen molar-refractivity contribution in [3.05, 3.63) is 64.7 Å². The molecule has 3 N–H and O–H groups in total. The molecule has 2 amide bonds. The number of carbonyl (C=O) groups excluding carboxylic acids is 1. The van der Waals surface area contributed by atoms with E-state index in [4.69, 9.17) is 10.4 Å². The highest BCUT2D eigenvalue weighted by Gasteiger charge is 2.21. The van der Waals surface area contributed by atoms with Gasteiger partial charge in [0.25, 0.3) is 5.91 Å². The van der Waals surface area contributed by atoms with Crippen molar-refractivity contribution >= 4 is 17.7 Å². The second kappa shape index (κ2) is 6.93. The molecule has 7 nitrogen and oxygen atoms in total. The van der Waals surface area contributed by atoms with Crippen molar-refractivity contribution in [1.82, 2.24) is 10.2 Å². The van der Waals surface area contributed by atoms with Gasteiger partial charge < -0.3 is 20.6 Å². The van der Waals surface area contributed by atoms with Crippen molar-refractivity contribution in [2.24, 2.45) is 0 Å². The number of amides is 2. The number of anilines is 1. The molecule has 0 bridgehead atoms. The molecule has 3 rings (SSSR count). The molecule has 0 saturated carbocycles. The van der Waals surface area contributed by atoms with Crippen LogP contribution in [0.5, 0.6) is 0 Å². The summed E-state index contributed by atoms with van der Waals surface area (Å²) in [6, 6.07) is 12.3. The maximum atomic E-state index is 12.4. The van der Waals surface area contributed by atoms with E-state index in [1.54, 1.807) is 29.2 Å². The molecule has 0 spiro atoms. The Morgan fingerprint density at radius 3 is 2.60 bits per heavy atom. The van der Waals surface area contributed by atoms with Crippen molar-refractivity contribution in [2.75, 3.05) is 5.32 Å². The van der Waals surface area contributed by atoms with E-state index in [0.29, 0.717) is 24.3 Å². The standard InChI is InChI=1S/C18H16N4O3/c19-11-22-9-14-2-1-3-16(15(14)10-22)21-17(23)13-6-4-12(5-7-13)8-20-18(24)25/h1-7,20H,8-10H2,(H,21,23)(H,24,25). The van der Waals surface area contributed by atoms with Gasteiger partial charge in [0.2, 0.25) is 0 Å². The minimum Gasteiger partial charge on any atom is -0.465 e. The predicted octanol–water partition coefficient (Wildman–Crippen LogP) is 2.50. The summed E-state index contributed by atoms with van der Waals surface area (Å²) in [6.45, 7) is 1.23. The molecule has 0 atom stereocenters. The van der Waals surface area contributed by atoms with E-state index in [-0.39, 0.29) is 12.5 Å². The fourth-order valence-corrected chi connectivity index (χ4v) is 2.76. The van der Waals surface area contributed by atoms with Gasteiger partial charge in [0.1, 0.15) is 0 Å². The Balaban J connectivity index is 1.71. The topological polar surface area (TPSA) is 105 Å². The molecule has 0 saturated heterocycles. The van der Waals surface area contributed by atoms with Crippen LogP contribution in [0.1, 0.15) is 27.0 Å². The molecular formula is C18H16N4O3. The van der Waals surface area contributed by atoms with Gasteiger partial charge in [0.05, 0.1) is 13.1 Å². The minimum atomic E-state index is -1.09. The lowest BCUT2D eigenvalue weighted by Gasteiger charge is -2.10. The summed E-state index contributed by atoms with van der Waals surface area (Å²) in [5.74, 6) is -0.249. The molecule has 2 aromatic rings. The van der Waals surface area contributed by atoms with Crippen molar-refractivity contribution in [3.63, 3.8) is 0 Å². The first-order chi connectivity index (χ1) is 12.1. The maximum absolute atomic E-state index is 12.4. The number of nitriles is 1. The van der Waals surface area contributed by atoms with Crippen molar-refractivity contribution in [1.29, 1.82) is 5.26 Å². The molecule has 1 heterocycles. The van der Waals surface area contributed by atoms with Crippen LogP contribution in [0, 0.1) is 11.5 Å². The average molecular weight is 336 g/mol. The van der Waals surface area contributed by atoms with Crippen molar-refractivity contribution in [3.8, 4) is 6.19 Å².